The highest BCUT2D eigenvalue weighted by molar-refractivity contribution is 6.30. The Hall–Kier alpha value is -2.66. The molecule has 2 aromatic carbocycles. The van der Waals surface area contributed by atoms with E-state index in [1.807, 2.05) is 55.5 Å². The molecule has 122 valence electrons. The third-order valence-corrected chi connectivity index (χ3v) is 3.92. The maximum atomic E-state index is 12.2. The number of carbonyl (C=O) groups is 1. The van der Waals surface area contributed by atoms with Gasteiger partial charge in [0.25, 0.3) is 5.91 Å². The van der Waals surface area contributed by atoms with E-state index in [1.165, 1.54) is 0 Å². The molecule has 0 aliphatic heterocycles. The van der Waals surface area contributed by atoms with Gasteiger partial charge < -0.3 is 4.57 Å². The lowest BCUT2D eigenvalue weighted by atomic mass is 10.1. The molecule has 0 aliphatic rings. The van der Waals surface area contributed by atoms with E-state index >= 15 is 0 Å². The number of halogens is 1. The van der Waals surface area contributed by atoms with Gasteiger partial charge in [-0.3, -0.25) is 4.79 Å². The zero-order valence-corrected chi connectivity index (χ0v) is 14.0. The van der Waals surface area contributed by atoms with Gasteiger partial charge in [0.2, 0.25) is 0 Å². The number of para-hydroxylation sites is 2. The quantitative estimate of drug-likeness (QED) is 0.569. The van der Waals surface area contributed by atoms with Crippen molar-refractivity contribution in [3.8, 4) is 0 Å². The second-order valence-electron chi connectivity index (χ2n) is 5.32. The van der Waals surface area contributed by atoms with Crippen LogP contribution in [0.1, 0.15) is 18.9 Å². The number of benzene rings is 2. The summed E-state index contributed by atoms with van der Waals surface area (Å²) in [6.07, 6.45) is 2.36. The fourth-order valence-electron chi connectivity index (χ4n) is 2.45. The number of fused-ring (bicyclic) bond motifs is 1. The van der Waals surface area contributed by atoms with E-state index in [-0.39, 0.29) is 12.5 Å². The molecule has 0 saturated heterocycles. The number of imidazole rings is 1. The number of amides is 1. The fraction of sp³-hybridized carbons (Fsp3) is 0.167. The largest absolute Gasteiger partial charge is 0.321 e. The van der Waals surface area contributed by atoms with Crippen molar-refractivity contribution in [2.75, 3.05) is 0 Å². The van der Waals surface area contributed by atoms with Crippen molar-refractivity contribution in [3.05, 3.63) is 65.4 Å². The van der Waals surface area contributed by atoms with Gasteiger partial charge in [-0.1, -0.05) is 42.8 Å². The number of nitrogens with one attached hydrogen (secondary N) is 1. The molecule has 1 amide bonds. The smallest absolute Gasteiger partial charge is 0.260 e. The molecule has 6 heteroatoms. The number of hydrazone groups is 1. The molecule has 0 atom stereocenters. The lowest BCUT2D eigenvalue weighted by Crippen LogP contribution is -2.24. The van der Waals surface area contributed by atoms with Crippen molar-refractivity contribution in [1.82, 2.24) is 15.0 Å². The first-order valence-corrected chi connectivity index (χ1v) is 8.06. The van der Waals surface area contributed by atoms with E-state index in [1.54, 1.807) is 10.9 Å². The summed E-state index contributed by atoms with van der Waals surface area (Å²) in [5.41, 5.74) is 6.15. The van der Waals surface area contributed by atoms with E-state index in [4.69, 9.17) is 11.6 Å². The molecule has 0 fully saturated rings. The highest BCUT2D eigenvalue weighted by atomic mass is 35.5. The summed E-state index contributed by atoms with van der Waals surface area (Å²) in [5, 5.41) is 4.91. The minimum Gasteiger partial charge on any atom is -0.321 e. The van der Waals surface area contributed by atoms with E-state index < -0.39 is 0 Å². The third kappa shape index (κ3) is 3.63. The molecule has 3 aromatic rings. The Balaban J connectivity index is 1.70. The first kappa shape index (κ1) is 16.2. The third-order valence-electron chi connectivity index (χ3n) is 3.67. The molecule has 1 N–H and O–H groups in total. The Morgan fingerprint density at radius 3 is 2.71 bits per heavy atom. The molecule has 24 heavy (non-hydrogen) atoms. The number of nitrogens with zero attached hydrogens (tertiary/aromatic N) is 3. The van der Waals surface area contributed by atoms with Crippen molar-refractivity contribution >= 4 is 34.3 Å². The van der Waals surface area contributed by atoms with Gasteiger partial charge in [-0.05, 0) is 36.2 Å². The van der Waals surface area contributed by atoms with Crippen LogP contribution in [0.3, 0.4) is 0 Å². The van der Waals surface area contributed by atoms with Crippen molar-refractivity contribution in [2.24, 2.45) is 5.10 Å². The van der Waals surface area contributed by atoms with Crippen LogP contribution in [0.5, 0.6) is 0 Å². The molecular weight excluding hydrogens is 324 g/mol. The van der Waals surface area contributed by atoms with Gasteiger partial charge in [-0.15, -0.1) is 0 Å². The molecular formula is C18H17ClN4O. The number of hydrogen-bond donors (Lipinski definition) is 1. The van der Waals surface area contributed by atoms with Gasteiger partial charge >= 0.3 is 0 Å². The maximum absolute atomic E-state index is 12.2. The van der Waals surface area contributed by atoms with E-state index in [0.717, 1.165) is 22.3 Å². The molecule has 1 heterocycles. The summed E-state index contributed by atoms with van der Waals surface area (Å²) in [6.45, 7) is 2.16. The van der Waals surface area contributed by atoms with E-state index in [2.05, 4.69) is 15.5 Å². The molecule has 0 spiro atoms. The van der Waals surface area contributed by atoms with E-state index in [9.17, 15) is 4.79 Å². The Bertz CT molecular complexity index is 883. The summed E-state index contributed by atoms with van der Waals surface area (Å²) >= 11 is 5.90. The molecule has 0 saturated carbocycles. The van der Waals surface area contributed by atoms with Crippen LogP contribution in [0.15, 0.2) is 60.0 Å². The molecule has 0 bridgehead atoms. The van der Waals surface area contributed by atoms with Crippen LogP contribution >= 0.6 is 11.6 Å². The summed E-state index contributed by atoms with van der Waals surface area (Å²) in [6, 6.07) is 15.1. The van der Waals surface area contributed by atoms with Crippen molar-refractivity contribution in [1.29, 1.82) is 0 Å². The number of carbonyl (C=O) groups excluding carboxylic acids is 1. The second-order valence-corrected chi connectivity index (χ2v) is 5.75. The van der Waals surface area contributed by atoms with Crippen molar-refractivity contribution < 1.29 is 4.79 Å². The Labute approximate surface area is 145 Å². The van der Waals surface area contributed by atoms with Gasteiger partial charge in [0.05, 0.1) is 23.1 Å². The van der Waals surface area contributed by atoms with Crippen LogP contribution in [0.2, 0.25) is 5.02 Å². The summed E-state index contributed by atoms with van der Waals surface area (Å²) in [5.74, 6) is -0.196. The van der Waals surface area contributed by atoms with Gasteiger partial charge in [-0.25, -0.2) is 10.4 Å². The Morgan fingerprint density at radius 2 is 1.96 bits per heavy atom. The monoisotopic (exact) mass is 340 g/mol. The zero-order valence-electron chi connectivity index (χ0n) is 13.2. The van der Waals surface area contributed by atoms with Gasteiger partial charge in [0.15, 0.2) is 0 Å². The maximum Gasteiger partial charge on any atom is 0.260 e. The van der Waals surface area contributed by atoms with E-state index in [0.29, 0.717) is 11.4 Å². The van der Waals surface area contributed by atoms with Crippen LogP contribution in [-0.4, -0.2) is 21.2 Å². The van der Waals surface area contributed by atoms with Gasteiger partial charge in [0, 0.05) is 5.02 Å². The standard InChI is InChI=1S/C18H17ClN4O/c1-2-15(13-7-9-14(19)10-8-13)21-22-18(24)11-23-12-20-16-5-3-4-6-17(16)23/h3-10,12H,2,11H2,1H3,(H,22,24)/b21-15+. The van der Waals surface area contributed by atoms with Crippen LogP contribution < -0.4 is 5.43 Å². The molecule has 0 aliphatic carbocycles. The highest BCUT2D eigenvalue weighted by Crippen LogP contribution is 2.12. The normalized spacial score (nSPS) is 11.7. The van der Waals surface area contributed by atoms with Crippen LogP contribution in [-0.2, 0) is 11.3 Å². The van der Waals surface area contributed by atoms with Crippen LogP contribution in [0, 0.1) is 0 Å². The highest BCUT2D eigenvalue weighted by Gasteiger charge is 2.07. The van der Waals surface area contributed by atoms with Crippen molar-refractivity contribution in [3.63, 3.8) is 0 Å². The second kappa shape index (κ2) is 7.27. The topological polar surface area (TPSA) is 59.3 Å². The molecule has 0 unspecified atom stereocenters. The first-order chi connectivity index (χ1) is 11.7. The number of rotatable bonds is 5. The summed E-state index contributed by atoms with van der Waals surface area (Å²) < 4.78 is 1.80. The minimum atomic E-state index is -0.196. The van der Waals surface area contributed by atoms with Crippen LogP contribution in [0.25, 0.3) is 11.0 Å². The minimum absolute atomic E-state index is 0.168. The fourth-order valence-corrected chi connectivity index (χ4v) is 2.57. The molecule has 3 rings (SSSR count). The summed E-state index contributed by atoms with van der Waals surface area (Å²) in [7, 11) is 0. The Morgan fingerprint density at radius 1 is 1.21 bits per heavy atom. The summed E-state index contributed by atoms with van der Waals surface area (Å²) in [4.78, 5) is 16.4. The molecule has 5 nitrogen and oxygen atoms in total. The average molecular weight is 341 g/mol. The van der Waals surface area contributed by atoms with Gasteiger partial charge in [0.1, 0.15) is 6.54 Å². The first-order valence-electron chi connectivity index (χ1n) is 7.68. The lowest BCUT2D eigenvalue weighted by Gasteiger charge is -2.06. The molecule has 0 radical (unpaired) electrons. The zero-order chi connectivity index (χ0) is 16.9. The number of aromatic nitrogens is 2. The predicted octanol–water partition coefficient (Wildman–Crippen LogP) is 3.62. The lowest BCUT2D eigenvalue weighted by molar-refractivity contribution is -0.121. The number of hydrogen-bond acceptors (Lipinski definition) is 3. The van der Waals surface area contributed by atoms with Crippen LogP contribution in [0.4, 0.5) is 0 Å². The van der Waals surface area contributed by atoms with Crippen molar-refractivity contribution in [2.45, 2.75) is 19.9 Å². The average Bonchev–Trinajstić information content (AvgIpc) is 3.00. The SMILES string of the molecule is CC/C(=N\NC(=O)Cn1cnc2ccccc21)c1ccc(Cl)cc1. The predicted molar refractivity (Wildman–Crippen MR) is 96.2 cm³/mol. The Kier molecular flexibility index (Phi) is 4.91. The van der Waals surface area contributed by atoms with Gasteiger partial charge in [-0.2, -0.15) is 5.10 Å². The molecule has 1 aromatic heterocycles.